The Balaban J connectivity index is 1.83. The molecule has 2 aromatic rings. The van der Waals surface area contributed by atoms with Crippen LogP contribution in [0, 0.1) is 5.41 Å². The molecule has 0 saturated heterocycles. The maximum absolute atomic E-state index is 12.7. The van der Waals surface area contributed by atoms with Crippen molar-refractivity contribution in [3.63, 3.8) is 0 Å². The van der Waals surface area contributed by atoms with Crippen LogP contribution >= 0.6 is 11.8 Å². The van der Waals surface area contributed by atoms with E-state index in [0.717, 1.165) is 0 Å². The van der Waals surface area contributed by atoms with Crippen LogP contribution in [0.1, 0.15) is 12.5 Å². The van der Waals surface area contributed by atoms with Crippen molar-refractivity contribution < 1.29 is 13.9 Å². The van der Waals surface area contributed by atoms with Gasteiger partial charge in [0.05, 0.1) is 28.7 Å². The largest absolute Gasteiger partial charge is 0.497 e. The predicted octanol–water partition coefficient (Wildman–Crippen LogP) is 2.44. The number of hydrazone groups is 1. The number of hydrogen-bond donors (Lipinski definition) is 1. The zero-order valence-electron chi connectivity index (χ0n) is 13.8. The van der Waals surface area contributed by atoms with E-state index in [0.29, 0.717) is 26.9 Å². The number of carbonyl (C=O) groups excluding carboxylic acids is 1. The maximum Gasteiger partial charge on any atom is 0.283 e. The van der Waals surface area contributed by atoms with E-state index in [2.05, 4.69) is 10.1 Å². The molecule has 2 aliphatic rings. The number of rotatable bonds is 2. The molecular formula is C17H12N4O4S. The first-order valence-corrected chi connectivity index (χ1v) is 8.36. The van der Waals surface area contributed by atoms with Gasteiger partial charge in [0.1, 0.15) is 17.6 Å². The molecule has 4 rings (SSSR count). The fourth-order valence-electron chi connectivity index (χ4n) is 2.60. The highest BCUT2D eigenvalue weighted by atomic mass is 32.2. The highest BCUT2D eigenvalue weighted by molar-refractivity contribution is 8.26. The third-order valence-corrected chi connectivity index (χ3v) is 4.69. The van der Waals surface area contributed by atoms with Crippen LogP contribution in [0.5, 0.6) is 5.75 Å². The molecule has 0 aliphatic carbocycles. The number of hydrogen-bond acceptors (Lipinski definition) is 7. The van der Waals surface area contributed by atoms with Crippen molar-refractivity contribution in [3.8, 4) is 5.75 Å². The lowest BCUT2D eigenvalue weighted by molar-refractivity contribution is -0.114. The summed E-state index contributed by atoms with van der Waals surface area (Å²) in [7, 11) is 1.50. The van der Waals surface area contributed by atoms with Crippen molar-refractivity contribution in [2.45, 2.75) is 6.92 Å². The van der Waals surface area contributed by atoms with Gasteiger partial charge < -0.3 is 9.15 Å². The number of carbonyl (C=O) groups is 1. The Hall–Kier alpha value is -3.20. The second kappa shape index (κ2) is 5.95. The molecule has 0 fully saturated rings. The molecular weight excluding hydrogens is 356 g/mol. The average molecular weight is 368 g/mol. The maximum atomic E-state index is 12.7. The van der Waals surface area contributed by atoms with Crippen molar-refractivity contribution in [2.24, 2.45) is 10.1 Å². The van der Waals surface area contributed by atoms with Crippen LogP contribution in [0.4, 0.5) is 0 Å². The summed E-state index contributed by atoms with van der Waals surface area (Å²) in [5.41, 5.74) is 0.190. The molecule has 9 heteroatoms. The number of amides is 1. The number of nitrogens with zero attached hydrogens (tertiary/aromatic N) is 3. The molecule has 1 N–H and O–H groups in total. The molecule has 1 amide bonds. The minimum Gasteiger partial charge on any atom is -0.497 e. The predicted molar refractivity (Wildman–Crippen MR) is 99.7 cm³/mol. The second-order valence-corrected chi connectivity index (χ2v) is 6.68. The van der Waals surface area contributed by atoms with Gasteiger partial charge in [-0.1, -0.05) is 0 Å². The van der Waals surface area contributed by atoms with Crippen LogP contribution in [0.2, 0.25) is 0 Å². The van der Waals surface area contributed by atoms with E-state index in [1.54, 1.807) is 25.1 Å². The summed E-state index contributed by atoms with van der Waals surface area (Å²) in [6.45, 7) is 1.76. The zero-order valence-corrected chi connectivity index (χ0v) is 14.6. The third-order valence-electron chi connectivity index (χ3n) is 3.86. The number of amidine groups is 2. The molecule has 2 aliphatic heterocycles. The lowest BCUT2D eigenvalue weighted by Crippen LogP contribution is -2.35. The topological polar surface area (TPSA) is 108 Å². The summed E-state index contributed by atoms with van der Waals surface area (Å²) in [5, 5.41) is 15.0. The third kappa shape index (κ3) is 2.53. The number of aliphatic imine (C=N–C) groups is 1. The number of thioether (sulfide) groups is 1. The number of nitrogens with one attached hydrogen (secondary N) is 1. The Kier molecular flexibility index (Phi) is 3.73. The molecule has 0 bridgehead atoms. The summed E-state index contributed by atoms with van der Waals surface area (Å²) in [6.07, 6.45) is 2.57. The van der Waals surface area contributed by atoms with Crippen LogP contribution < -0.4 is 10.2 Å². The molecule has 26 heavy (non-hydrogen) atoms. The van der Waals surface area contributed by atoms with E-state index in [4.69, 9.17) is 14.6 Å². The highest BCUT2D eigenvalue weighted by Crippen LogP contribution is 2.28. The first-order valence-electron chi connectivity index (χ1n) is 7.54. The molecule has 0 atom stereocenters. The van der Waals surface area contributed by atoms with Crippen molar-refractivity contribution in [1.82, 2.24) is 5.01 Å². The number of benzene rings is 1. The average Bonchev–Trinajstić information content (AvgIpc) is 3.00. The Morgan fingerprint density at radius 1 is 1.35 bits per heavy atom. The van der Waals surface area contributed by atoms with E-state index in [-0.39, 0.29) is 22.4 Å². The van der Waals surface area contributed by atoms with Crippen LogP contribution in [0.3, 0.4) is 0 Å². The summed E-state index contributed by atoms with van der Waals surface area (Å²) < 4.78 is 10.6. The SMILES string of the molecule is COc1ccc2occ(C=C3C(=N)N4N=C(C)SC4=NC3=O)c(=O)c2c1. The van der Waals surface area contributed by atoms with Crippen molar-refractivity contribution >= 4 is 50.8 Å². The minimum absolute atomic E-state index is 0.0256. The van der Waals surface area contributed by atoms with E-state index in [1.165, 1.54) is 36.2 Å². The summed E-state index contributed by atoms with van der Waals surface area (Å²) in [6, 6.07) is 4.89. The zero-order chi connectivity index (χ0) is 18.4. The molecule has 1 aromatic carbocycles. The van der Waals surface area contributed by atoms with Gasteiger partial charge >= 0.3 is 0 Å². The fourth-order valence-corrected chi connectivity index (χ4v) is 3.33. The van der Waals surface area contributed by atoms with Crippen LogP contribution in [0.15, 0.2) is 49.3 Å². The Labute approximate surface area is 151 Å². The second-order valence-electron chi connectivity index (χ2n) is 5.52. The highest BCUT2D eigenvalue weighted by Gasteiger charge is 2.34. The van der Waals surface area contributed by atoms with Gasteiger partial charge in [-0.15, -0.1) is 0 Å². The molecule has 0 unspecified atom stereocenters. The standard InChI is InChI=1S/C17H12N4O4S/c1-8-20-21-15(18)12(16(23)19-17(21)26-8)5-9-7-25-13-4-3-10(24-2)6-11(13)14(9)22/h3-7,18H,1-2H3. The first-order chi connectivity index (χ1) is 12.5. The lowest BCUT2D eigenvalue weighted by atomic mass is 10.1. The van der Waals surface area contributed by atoms with E-state index >= 15 is 0 Å². The van der Waals surface area contributed by atoms with Crippen molar-refractivity contribution in [3.05, 3.63) is 45.8 Å². The number of methoxy groups -OCH3 is 1. The van der Waals surface area contributed by atoms with Gasteiger partial charge in [-0.3, -0.25) is 15.0 Å². The Bertz CT molecular complexity index is 1130. The van der Waals surface area contributed by atoms with Gasteiger partial charge in [0, 0.05) is 0 Å². The summed E-state index contributed by atoms with van der Waals surface area (Å²) >= 11 is 1.22. The van der Waals surface area contributed by atoms with Gasteiger partial charge in [-0.25, -0.2) is 0 Å². The van der Waals surface area contributed by atoms with E-state index in [9.17, 15) is 9.59 Å². The molecule has 3 heterocycles. The molecule has 0 saturated carbocycles. The number of fused-ring (bicyclic) bond motifs is 2. The van der Waals surface area contributed by atoms with Gasteiger partial charge in [0.2, 0.25) is 5.17 Å². The quantitative estimate of drug-likeness (QED) is 0.816. The summed E-state index contributed by atoms with van der Waals surface area (Å²) in [4.78, 5) is 29.0. The van der Waals surface area contributed by atoms with Gasteiger partial charge in [-0.2, -0.15) is 15.1 Å². The van der Waals surface area contributed by atoms with Crippen LogP contribution in [-0.2, 0) is 4.79 Å². The van der Waals surface area contributed by atoms with Gasteiger partial charge in [0.25, 0.3) is 5.91 Å². The Morgan fingerprint density at radius 3 is 2.92 bits per heavy atom. The lowest BCUT2D eigenvalue weighted by Gasteiger charge is -2.20. The van der Waals surface area contributed by atoms with E-state index < -0.39 is 5.91 Å². The smallest absolute Gasteiger partial charge is 0.283 e. The van der Waals surface area contributed by atoms with Crippen molar-refractivity contribution in [1.29, 1.82) is 5.41 Å². The normalized spacial score (nSPS) is 18.2. The van der Waals surface area contributed by atoms with Gasteiger partial charge in [-0.05, 0) is 43.0 Å². The monoisotopic (exact) mass is 368 g/mol. The fraction of sp³-hybridized carbons (Fsp3) is 0.118. The van der Waals surface area contributed by atoms with Crippen LogP contribution in [0.25, 0.3) is 17.0 Å². The molecule has 130 valence electrons. The molecule has 0 radical (unpaired) electrons. The first kappa shape index (κ1) is 16.3. The summed E-state index contributed by atoms with van der Waals surface area (Å²) in [5.74, 6) is -0.206. The van der Waals surface area contributed by atoms with Gasteiger partial charge in [0.15, 0.2) is 11.3 Å². The van der Waals surface area contributed by atoms with E-state index in [1.807, 2.05) is 0 Å². The van der Waals surface area contributed by atoms with Crippen molar-refractivity contribution in [2.75, 3.05) is 7.11 Å². The molecule has 0 spiro atoms. The molecule has 8 nitrogen and oxygen atoms in total. The van der Waals surface area contributed by atoms with Crippen LogP contribution in [-0.4, -0.2) is 34.1 Å². The number of ether oxygens (including phenoxy) is 1. The molecule has 1 aromatic heterocycles. The minimum atomic E-state index is -0.594. The Morgan fingerprint density at radius 2 is 2.15 bits per heavy atom.